The van der Waals surface area contributed by atoms with Gasteiger partial charge in [0.15, 0.2) is 0 Å². The molecule has 7 heteroatoms. The number of hydrogen-bond donors (Lipinski definition) is 0. The fourth-order valence-electron chi connectivity index (χ4n) is 8.62. The van der Waals surface area contributed by atoms with E-state index in [-0.39, 0.29) is 32.2 Å². The number of alkyl halides is 3. The zero-order valence-corrected chi connectivity index (χ0v) is 40.4. The van der Waals surface area contributed by atoms with Crippen molar-refractivity contribution in [2.24, 2.45) is 11.8 Å². The Balaban J connectivity index is 0.000000331. The fourth-order valence-corrected chi connectivity index (χ4v) is 8.62. The normalized spacial score (nSPS) is 14.2. The molecule has 0 aromatic heterocycles. The fraction of sp³-hybridized carbons (Fsp3) is 0.385. The van der Waals surface area contributed by atoms with Crippen LogP contribution in [0, 0.1) is 26.2 Å². The molecule has 0 N–H and O–H groups in total. The van der Waals surface area contributed by atoms with Gasteiger partial charge in [0.05, 0.1) is 0 Å². The average Bonchev–Trinajstić information content (AvgIpc) is 3.86. The first kappa shape index (κ1) is 52.7. The Labute approximate surface area is 383 Å². The molecule has 0 unspecified atom stereocenters. The third-order valence-corrected chi connectivity index (χ3v) is 11.7. The van der Waals surface area contributed by atoms with Crippen molar-refractivity contribution in [3.8, 4) is 22.3 Å². The first-order chi connectivity index (χ1) is 27.2. The molecule has 0 spiro atoms. The third kappa shape index (κ3) is 15.8. The van der Waals surface area contributed by atoms with Gasteiger partial charge < -0.3 is 14.4 Å². The van der Waals surface area contributed by atoms with E-state index >= 15 is 0 Å². The van der Waals surface area contributed by atoms with Crippen LogP contribution in [0.2, 0.25) is 0 Å². The van der Waals surface area contributed by atoms with E-state index < -0.39 is 12.6 Å². The Kier molecular flexibility index (Phi) is 23.9. The maximum absolute atomic E-state index is 10.7. The molecule has 2 fully saturated rings. The summed E-state index contributed by atoms with van der Waals surface area (Å²) < 4.78 is 32.2. The van der Waals surface area contributed by atoms with Crippen LogP contribution in [-0.2, 0) is 49.0 Å². The topological polar surface area (TPSA) is 0 Å². The molecule has 318 valence electrons. The van der Waals surface area contributed by atoms with Gasteiger partial charge in [0.25, 0.3) is 0 Å². The van der Waals surface area contributed by atoms with Crippen LogP contribution in [-0.4, -0.2) is 13.1 Å². The molecule has 2 aliphatic rings. The molecule has 6 aromatic carbocycles. The van der Waals surface area contributed by atoms with Crippen molar-refractivity contribution in [3.05, 3.63) is 146 Å². The van der Waals surface area contributed by atoms with Crippen LogP contribution in [0.4, 0.5) is 13.2 Å². The molecule has 0 saturated heterocycles. The van der Waals surface area contributed by atoms with Crippen LogP contribution in [0.25, 0.3) is 43.8 Å². The third-order valence-electron chi connectivity index (χ3n) is 11.7. The Morgan fingerprint density at radius 1 is 0.593 bits per heavy atom. The second-order valence-corrected chi connectivity index (χ2v) is 15.7. The number of fused-ring (bicyclic) bond motifs is 2. The summed E-state index contributed by atoms with van der Waals surface area (Å²) >= 11 is 1.36. The van der Waals surface area contributed by atoms with E-state index in [2.05, 4.69) is 137 Å². The quantitative estimate of drug-likeness (QED) is 0.105. The van der Waals surface area contributed by atoms with Gasteiger partial charge in [0, 0.05) is 0 Å². The summed E-state index contributed by atoms with van der Waals surface area (Å²) in [5.74, 6) is 1.81. The molecule has 2 saturated carbocycles. The Morgan fingerprint density at radius 3 is 1.24 bits per heavy atom. The number of benzene rings is 4. The summed E-state index contributed by atoms with van der Waals surface area (Å²) in [6.07, 6.45) is 14.0. The molecular weight excluding hydrogens is 872 g/mol. The van der Waals surface area contributed by atoms with Gasteiger partial charge in [-0.3, -0.25) is 0 Å². The minimum absolute atomic E-state index is 0. The van der Waals surface area contributed by atoms with Gasteiger partial charge in [-0.25, -0.2) is 0 Å². The van der Waals surface area contributed by atoms with Crippen LogP contribution >= 0.6 is 24.8 Å². The molecule has 0 nitrogen and oxygen atoms in total. The van der Waals surface area contributed by atoms with Crippen LogP contribution in [0.1, 0.15) is 107 Å². The zero-order chi connectivity index (χ0) is 39.9. The second-order valence-electron chi connectivity index (χ2n) is 15.7. The Hall–Kier alpha value is -2.43. The summed E-state index contributed by atoms with van der Waals surface area (Å²) in [5.41, 5.74) is 11.3. The molecule has 59 heavy (non-hydrogen) atoms. The molecular formula is C52H63Cl2F3SiZr-4. The minimum atomic E-state index is -4.07. The first-order valence-corrected chi connectivity index (χ1v) is 25.1. The van der Waals surface area contributed by atoms with Gasteiger partial charge in [-0.05, 0) is 59.8 Å². The van der Waals surface area contributed by atoms with Crippen molar-refractivity contribution in [1.82, 2.24) is 0 Å². The molecule has 2 aliphatic carbocycles. The van der Waals surface area contributed by atoms with Crippen molar-refractivity contribution in [3.63, 3.8) is 0 Å². The molecule has 6 aromatic rings. The van der Waals surface area contributed by atoms with E-state index in [9.17, 15) is 13.2 Å². The number of halogens is 5. The van der Waals surface area contributed by atoms with Crippen LogP contribution in [0.3, 0.4) is 0 Å². The molecule has 0 heterocycles. The summed E-state index contributed by atoms with van der Waals surface area (Å²) in [6, 6.07) is 41.4. The van der Waals surface area contributed by atoms with E-state index in [1.807, 2.05) is 0 Å². The van der Waals surface area contributed by atoms with Gasteiger partial charge in [0.2, 0.25) is 0 Å². The Morgan fingerprint density at radius 2 is 0.932 bits per heavy atom. The number of rotatable bonds is 8. The van der Waals surface area contributed by atoms with Crippen molar-refractivity contribution >= 4 is 53.2 Å². The average molecular weight is 935 g/mol. The first-order valence-electron chi connectivity index (χ1n) is 20.9. The van der Waals surface area contributed by atoms with E-state index in [1.54, 1.807) is 0 Å². The summed E-state index contributed by atoms with van der Waals surface area (Å²) in [6.45, 7) is 10.1. The van der Waals surface area contributed by atoms with E-state index in [0.717, 1.165) is 24.7 Å². The SMILES string of the molecule is CCc1ccc(-c2cccc3[cH-]c(CC4CCCCC4)cc23)cc1.CCc1ccc(-c2cccc3[cH-]c(CC4CCCCC4)cc23)cc1.Cl.Cl.[CH2-]CC(F)(F)F.[CH3-].[Si]=[Zr]. The molecule has 0 amide bonds. The van der Waals surface area contributed by atoms with Gasteiger partial charge >= 0.3 is 36.4 Å². The number of hydrogen-bond acceptors (Lipinski definition) is 0. The zero-order valence-electron chi connectivity index (χ0n) is 35.3. The van der Waals surface area contributed by atoms with Gasteiger partial charge in [-0.1, -0.05) is 156 Å². The van der Waals surface area contributed by atoms with Crippen LogP contribution in [0.15, 0.2) is 109 Å². The number of aryl methyl sites for hydroxylation is 2. The monoisotopic (exact) mass is 932 g/mol. The van der Waals surface area contributed by atoms with E-state index in [4.69, 9.17) is 0 Å². The van der Waals surface area contributed by atoms with Crippen LogP contribution < -0.4 is 0 Å². The summed E-state index contributed by atoms with van der Waals surface area (Å²) in [5, 5.41) is 5.65. The molecule has 0 bridgehead atoms. The molecule has 0 atom stereocenters. The summed E-state index contributed by atoms with van der Waals surface area (Å²) in [4.78, 5) is 0. The molecule has 2 radical (unpaired) electrons. The van der Waals surface area contributed by atoms with E-state index in [1.165, 1.54) is 166 Å². The van der Waals surface area contributed by atoms with E-state index in [0.29, 0.717) is 0 Å². The van der Waals surface area contributed by atoms with Crippen molar-refractivity contribution < 1.29 is 36.5 Å². The van der Waals surface area contributed by atoms with Gasteiger partial charge in [0.1, 0.15) is 0 Å². The standard InChI is InChI=1S/2C24H27.C3H4F3.CH3.2ClH.Si.Zr/c2*1-2-18-11-13-21(14-12-18)23-10-6-9-22-16-20(17-24(22)23)15-19-7-4-3-5-8-19;1-2-3(4,5)6;;;;;/h2*6,9-14,16-17,19H,2-5,7-8,15H2,1H3;1-2H2;1H3;2*1H;;/q4*-1;;;;. The van der Waals surface area contributed by atoms with Crippen LogP contribution in [0.5, 0.6) is 0 Å². The maximum atomic E-state index is 10.7. The van der Waals surface area contributed by atoms with Crippen molar-refractivity contribution in [1.29, 1.82) is 0 Å². The predicted molar refractivity (Wildman–Crippen MR) is 252 cm³/mol. The van der Waals surface area contributed by atoms with Crippen molar-refractivity contribution in [2.75, 3.05) is 0 Å². The molecule has 0 aliphatic heterocycles. The van der Waals surface area contributed by atoms with Gasteiger partial charge in [-0.15, -0.1) is 93.9 Å². The molecule has 8 rings (SSSR count). The van der Waals surface area contributed by atoms with Crippen molar-refractivity contribution in [2.45, 2.75) is 116 Å². The Bertz CT molecular complexity index is 1910. The predicted octanol–water partition coefficient (Wildman–Crippen LogP) is 16.5. The summed E-state index contributed by atoms with van der Waals surface area (Å²) in [7, 11) is 0. The van der Waals surface area contributed by atoms with Gasteiger partial charge in [-0.2, -0.15) is 25.3 Å². The second kappa shape index (κ2) is 26.8.